The Labute approximate surface area is 212 Å². The summed E-state index contributed by atoms with van der Waals surface area (Å²) < 4.78 is 10.4. The number of carbonyl (C=O) groups is 2. The molecule has 1 aromatic heterocycles. The van der Waals surface area contributed by atoms with Gasteiger partial charge in [-0.2, -0.15) is 0 Å². The summed E-state index contributed by atoms with van der Waals surface area (Å²) in [5.41, 5.74) is 3.14. The number of hydrogen-bond donors (Lipinski definition) is 0. The van der Waals surface area contributed by atoms with E-state index in [0.717, 1.165) is 47.8 Å². The lowest BCUT2D eigenvalue weighted by atomic mass is 9.69. The molecule has 36 heavy (non-hydrogen) atoms. The van der Waals surface area contributed by atoms with Gasteiger partial charge in [0, 0.05) is 10.9 Å². The van der Waals surface area contributed by atoms with Crippen molar-refractivity contribution in [3.05, 3.63) is 71.5 Å². The van der Waals surface area contributed by atoms with Crippen LogP contribution in [-0.2, 0) is 9.53 Å². The van der Waals surface area contributed by atoms with Gasteiger partial charge in [-0.15, -0.1) is 0 Å². The molecule has 1 fully saturated rings. The van der Waals surface area contributed by atoms with Crippen LogP contribution in [-0.4, -0.2) is 35.3 Å². The van der Waals surface area contributed by atoms with Crippen molar-refractivity contribution in [2.75, 3.05) is 7.11 Å². The number of benzene rings is 2. The van der Waals surface area contributed by atoms with Crippen LogP contribution < -0.4 is 0 Å². The topological polar surface area (TPSA) is 72.1 Å². The van der Waals surface area contributed by atoms with Crippen LogP contribution in [0.3, 0.4) is 0 Å². The number of methoxy groups -OCH3 is 1. The van der Waals surface area contributed by atoms with Crippen molar-refractivity contribution in [3.63, 3.8) is 0 Å². The number of esters is 1. The molecule has 2 heterocycles. The first-order chi connectivity index (χ1) is 17.1. The van der Waals surface area contributed by atoms with Crippen molar-refractivity contribution >= 4 is 28.6 Å². The van der Waals surface area contributed by atoms with Crippen molar-refractivity contribution in [1.29, 1.82) is 0 Å². The van der Waals surface area contributed by atoms with Gasteiger partial charge in [-0.3, -0.25) is 9.79 Å². The van der Waals surface area contributed by atoms with E-state index in [1.54, 1.807) is 18.4 Å². The fraction of sp³-hybridized carbons (Fsp3) is 0.433. The van der Waals surface area contributed by atoms with Crippen LogP contribution in [0.4, 0.5) is 0 Å². The number of aliphatic imine (C=N–C) groups is 1. The first kappa shape index (κ1) is 24.3. The zero-order valence-corrected chi connectivity index (χ0v) is 21.7. The fourth-order valence-electron chi connectivity index (χ4n) is 5.90. The number of amides is 1. The lowest BCUT2D eigenvalue weighted by Crippen LogP contribution is -2.50. The van der Waals surface area contributed by atoms with E-state index in [1.165, 1.54) is 7.11 Å². The van der Waals surface area contributed by atoms with Crippen LogP contribution in [0.1, 0.15) is 80.9 Å². The van der Waals surface area contributed by atoms with E-state index in [9.17, 15) is 9.59 Å². The highest BCUT2D eigenvalue weighted by molar-refractivity contribution is 6.47. The van der Waals surface area contributed by atoms with Gasteiger partial charge in [0.25, 0.3) is 5.91 Å². The maximum Gasteiger partial charge on any atom is 0.337 e. The molecule has 6 nitrogen and oxygen atoms in total. The van der Waals surface area contributed by atoms with E-state index in [0.29, 0.717) is 17.2 Å². The highest BCUT2D eigenvalue weighted by atomic mass is 16.5. The molecule has 6 heteroatoms. The predicted molar refractivity (Wildman–Crippen MR) is 140 cm³/mol. The molecule has 1 spiro atoms. The maximum atomic E-state index is 14.1. The average Bonchev–Trinajstić information content (AvgIpc) is 3.44. The van der Waals surface area contributed by atoms with E-state index < -0.39 is 5.66 Å². The summed E-state index contributed by atoms with van der Waals surface area (Å²) in [5.74, 6) is 0.162. The Balaban J connectivity index is 1.52. The molecule has 1 aliphatic carbocycles. The summed E-state index contributed by atoms with van der Waals surface area (Å²) in [6.45, 7) is 8.95. The first-order valence-electron chi connectivity index (χ1n) is 12.7. The van der Waals surface area contributed by atoms with Crippen molar-refractivity contribution in [2.24, 2.45) is 16.3 Å². The van der Waals surface area contributed by atoms with Gasteiger partial charge < -0.3 is 14.1 Å². The quantitative estimate of drug-likeness (QED) is 0.392. The van der Waals surface area contributed by atoms with E-state index in [2.05, 4.69) is 27.7 Å². The Bertz CT molecular complexity index is 1320. The van der Waals surface area contributed by atoms with Gasteiger partial charge in [0.15, 0.2) is 0 Å². The van der Waals surface area contributed by atoms with Crippen LogP contribution in [0.15, 0.2) is 64.2 Å². The molecule has 1 aliphatic heterocycles. The first-order valence-corrected chi connectivity index (χ1v) is 12.7. The third-order valence-electron chi connectivity index (χ3n) is 8.13. The summed E-state index contributed by atoms with van der Waals surface area (Å²) in [7, 11) is 1.37. The zero-order chi connectivity index (χ0) is 25.7. The Kier molecular flexibility index (Phi) is 6.01. The number of hydrogen-bond acceptors (Lipinski definition) is 5. The second-order valence-corrected chi connectivity index (χ2v) is 11.2. The minimum atomic E-state index is -0.577. The minimum absolute atomic E-state index is 0.0559. The third-order valence-corrected chi connectivity index (χ3v) is 8.13. The van der Waals surface area contributed by atoms with Crippen molar-refractivity contribution in [1.82, 2.24) is 4.90 Å². The summed E-state index contributed by atoms with van der Waals surface area (Å²) in [6.07, 6.45) is 5.37. The van der Waals surface area contributed by atoms with E-state index in [4.69, 9.17) is 14.1 Å². The number of carbonyl (C=O) groups excluding carboxylic acids is 2. The van der Waals surface area contributed by atoms with Gasteiger partial charge in [-0.1, -0.05) is 45.0 Å². The van der Waals surface area contributed by atoms with Crippen LogP contribution in [0.5, 0.6) is 0 Å². The molecule has 0 saturated heterocycles. The van der Waals surface area contributed by atoms with E-state index in [1.807, 2.05) is 41.3 Å². The summed E-state index contributed by atoms with van der Waals surface area (Å²) in [4.78, 5) is 33.2. The lowest BCUT2D eigenvalue weighted by Gasteiger charge is -2.46. The highest BCUT2D eigenvalue weighted by Crippen LogP contribution is 2.49. The van der Waals surface area contributed by atoms with Gasteiger partial charge in [0.2, 0.25) is 0 Å². The monoisotopic (exact) mass is 486 g/mol. The number of fused-ring (bicyclic) bond motifs is 1. The van der Waals surface area contributed by atoms with Crippen molar-refractivity contribution in [2.45, 2.75) is 65.1 Å². The molecule has 3 aromatic rings. The van der Waals surface area contributed by atoms with Gasteiger partial charge in [-0.05, 0) is 73.8 Å². The van der Waals surface area contributed by atoms with Crippen molar-refractivity contribution < 1.29 is 18.7 Å². The molecule has 0 N–H and O–H groups in total. The van der Waals surface area contributed by atoms with Crippen molar-refractivity contribution in [3.8, 4) is 0 Å². The second-order valence-electron chi connectivity index (χ2n) is 11.2. The van der Waals surface area contributed by atoms with Gasteiger partial charge in [0.05, 0.1) is 25.0 Å². The van der Waals surface area contributed by atoms with Gasteiger partial charge in [-0.25, -0.2) is 4.79 Å². The van der Waals surface area contributed by atoms with E-state index in [-0.39, 0.29) is 23.3 Å². The molecule has 1 atom stereocenters. The molecule has 0 bridgehead atoms. The summed E-state index contributed by atoms with van der Waals surface area (Å²) in [5, 5.41) is 1.00. The number of nitrogens with zero attached hydrogens (tertiary/aromatic N) is 2. The Morgan fingerprint density at radius 2 is 1.81 bits per heavy atom. The number of ether oxygens (including phenoxy) is 1. The molecule has 2 aromatic carbocycles. The molecule has 188 valence electrons. The molecular formula is C30H34N2O4. The number of rotatable bonds is 4. The van der Waals surface area contributed by atoms with Crippen LogP contribution >= 0.6 is 0 Å². The fourth-order valence-corrected chi connectivity index (χ4v) is 5.90. The largest absolute Gasteiger partial charge is 0.465 e. The molecule has 0 unspecified atom stereocenters. The highest BCUT2D eigenvalue weighted by Gasteiger charge is 2.52. The van der Waals surface area contributed by atoms with E-state index >= 15 is 0 Å². The van der Waals surface area contributed by atoms with Crippen LogP contribution in [0.2, 0.25) is 0 Å². The van der Waals surface area contributed by atoms with Gasteiger partial charge >= 0.3 is 5.97 Å². The molecule has 5 rings (SSSR count). The molecule has 1 amide bonds. The lowest BCUT2D eigenvalue weighted by molar-refractivity contribution is -0.132. The van der Waals surface area contributed by atoms with Crippen LogP contribution in [0, 0.1) is 11.3 Å². The summed E-state index contributed by atoms with van der Waals surface area (Å²) >= 11 is 0. The molecule has 1 saturated carbocycles. The standard InChI is InChI=1S/C30H34N2O4/c1-19(20-6-9-22(10-7-20)28(34)35-5)32-27(33)26(23-11-8-21-14-17-36-25(21)18-23)31-30(32)15-12-24(13-16-30)29(2,3)4/h6-11,14,17-19,24H,12-13,15-16H2,1-5H3/t19-,24?,30?/m1/s1. The second kappa shape index (κ2) is 8.91. The predicted octanol–water partition coefficient (Wildman–Crippen LogP) is 6.54. The maximum absolute atomic E-state index is 14.1. The average molecular weight is 487 g/mol. The SMILES string of the molecule is COC(=O)c1ccc([C@@H](C)N2C(=O)C(c3ccc4ccoc4c3)=NC23CCC(C(C)(C)C)CC3)cc1. The Morgan fingerprint density at radius 3 is 2.44 bits per heavy atom. The van der Waals surface area contributed by atoms with Gasteiger partial charge in [0.1, 0.15) is 17.0 Å². The third kappa shape index (κ3) is 4.12. The summed E-state index contributed by atoms with van der Waals surface area (Å²) in [6, 6.07) is 14.9. The zero-order valence-electron chi connectivity index (χ0n) is 21.7. The molecular weight excluding hydrogens is 452 g/mol. The number of furan rings is 1. The smallest absolute Gasteiger partial charge is 0.337 e. The molecule has 0 radical (unpaired) electrons. The van der Waals surface area contributed by atoms with Crippen LogP contribution in [0.25, 0.3) is 11.0 Å². The normalized spacial score (nSPS) is 23.2. The minimum Gasteiger partial charge on any atom is -0.465 e. The Morgan fingerprint density at radius 1 is 1.11 bits per heavy atom. The Hall–Kier alpha value is -3.41. The molecule has 2 aliphatic rings.